The fourth-order valence-electron chi connectivity index (χ4n) is 3.03. The van der Waals surface area contributed by atoms with Gasteiger partial charge in [-0.1, -0.05) is 44.5 Å². The van der Waals surface area contributed by atoms with Crippen molar-refractivity contribution in [1.82, 2.24) is 15.8 Å². The van der Waals surface area contributed by atoms with Crippen LogP contribution in [0.1, 0.15) is 58.3 Å². The van der Waals surface area contributed by atoms with Crippen LogP contribution in [0.25, 0.3) is 10.9 Å². The van der Waals surface area contributed by atoms with Gasteiger partial charge in [-0.2, -0.15) is 0 Å². The lowest BCUT2D eigenvalue weighted by molar-refractivity contribution is 0.0847. The molecule has 5 nitrogen and oxygen atoms in total. The maximum absolute atomic E-state index is 12.7. The van der Waals surface area contributed by atoms with Crippen LogP contribution in [-0.2, 0) is 5.41 Å². The van der Waals surface area contributed by atoms with Crippen molar-refractivity contribution >= 4 is 22.7 Å². The molecule has 0 saturated heterocycles. The Hall–Kier alpha value is -3.21. The molecule has 2 aromatic carbocycles. The SMILES string of the molecule is Cc1ccc2nc(C)cc(C(=O)NNC(=O)c3ccc(C(C)(C)C)cc3)c2c1. The second-order valence-corrected chi connectivity index (χ2v) is 8.07. The van der Waals surface area contributed by atoms with Gasteiger partial charge < -0.3 is 0 Å². The minimum atomic E-state index is -0.374. The van der Waals surface area contributed by atoms with Gasteiger partial charge in [0.15, 0.2) is 0 Å². The molecule has 0 aliphatic rings. The minimum absolute atomic E-state index is 0.0155. The highest BCUT2D eigenvalue weighted by molar-refractivity contribution is 6.07. The largest absolute Gasteiger partial charge is 0.270 e. The average Bonchev–Trinajstić information content (AvgIpc) is 2.65. The van der Waals surface area contributed by atoms with Crippen molar-refractivity contribution in [2.45, 2.75) is 40.0 Å². The zero-order chi connectivity index (χ0) is 20.5. The molecule has 0 unspecified atom stereocenters. The van der Waals surface area contributed by atoms with E-state index in [4.69, 9.17) is 0 Å². The Labute approximate surface area is 165 Å². The van der Waals surface area contributed by atoms with E-state index < -0.39 is 0 Å². The third-order valence-electron chi connectivity index (χ3n) is 4.64. The van der Waals surface area contributed by atoms with Crippen molar-refractivity contribution in [3.63, 3.8) is 0 Å². The molecule has 0 fully saturated rings. The molecular weight excluding hydrogens is 350 g/mol. The summed E-state index contributed by atoms with van der Waals surface area (Å²) in [7, 11) is 0. The monoisotopic (exact) mass is 375 g/mol. The van der Waals surface area contributed by atoms with E-state index in [1.165, 1.54) is 0 Å². The normalized spacial score (nSPS) is 11.3. The van der Waals surface area contributed by atoms with Crippen LogP contribution < -0.4 is 10.9 Å². The van der Waals surface area contributed by atoms with Crippen LogP contribution in [-0.4, -0.2) is 16.8 Å². The number of aryl methyl sites for hydroxylation is 2. The van der Waals surface area contributed by atoms with Crippen molar-refractivity contribution in [3.05, 3.63) is 76.5 Å². The van der Waals surface area contributed by atoms with E-state index in [0.717, 1.165) is 27.7 Å². The number of carbonyl (C=O) groups excluding carboxylic acids is 2. The van der Waals surface area contributed by atoms with E-state index in [1.807, 2.05) is 44.2 Å². The maximum Gasteiger partial charge on any atom is 0.270 e. The zero-order valence-electron chi connectivity index (χ0n) is 16.9. The van der Waals surface area contributed by atoms with Gasteiger partial charge in [-0.3, -0.25) is 25.4 Å². The first-order chi connectivity index (χ1) is 13.1. The summed E-state index contributed by atoms with van der Waals surface area (Å²) < 4.78 is 0. The molecule has 0 atom stereocenters. The van der Waals surface area contributed by atoms with Crippen LogP contribution in [0.2, 0.25) is 0 Å². The molecule has 3 aromatic rings. The summed E-state index contributed by atoms with van der Waals surface area (Å²) in [4.78, 5) is 29.5. The molecule has 1 heterocycles. The van der Waals surface area contributed by atoms with Crippen LogP contribution in [0.5, 0.6) is 0 Å². The molecule has 5 heteroatoms. The van der Waals surface area contributed by atoms with Crippen LogP contribution in [0.15, 0.2) is 48.5 Å². The van der Waals surface area contributed by atoms with Gasteiger partial charge in [0.05, 0.1) is 11.1 Å². The van der Waals surface area contributed by atoms with Gasteiger partial charge in [-0.05, 0) is 55.2 Å². The van der Waals surface area contributed by atoms with Gasteiger partial charge in [0.2, 0.25) is 0 Å². The van der Waals surface area contributed by atoms with Crippen molar-refractivity contribution < 1.29 is 9.59 Å². The highest BCUT2D eigenvalue weighted by Gasteiger charge is 2.16. The quantitative estimate of drug-likeness (QED) is 0.659. The molecule has 0 aliphatic heterocycles. The fraction of sp³-hybridized carbons (Fsp3) is 0.261. The lowest BCUT2D eigenvalue weighted by Crippen LogP contribution is -2.41. The summed E-state index contributed by atoms with van der Waals surface area (Å²) in [6, 6.07) is 14.9. The number of nitrogens with one attached hydrogen (secondary N) is 2. The Morgan fingerprint density at radius 3 is 2.14 bits per heavy atom. The van der Waals surface area contributed by atoms with Gasteiger partial charge in [0.25, 0.3) is 11.8 Å². The first-order valence-corrected chi connectivity index (χ1v) is 9.24. The number of benzene rings is 2. The number of aromatic nitrogens is 1. The predicted molar refractivity (Wildman–Crippen MR) is 111 cm³/mol. The second kappa shape index (κ2) is 7.43. The topological polar surface area (TPSA) is 71.1 Å². The smallest absolute Gasteiger partial charge is 0.267 e. The van der Waals surface area contributed by atoms with E-state index in [2.05, 4.69) is 36.6 Å². The number of hydrogen-bond donors (Lipinski definition) is 2. The highest BCUT2D eigenvalue weighted by atomic mass is 16.2. The van der Waals surface area contributed by atoms with E-state index in [9.17, 15) is 9.59 Å². The number of carbonyl (C=O) groups is 2. The number of rotatable bonds is 2. The second-order valence-electron chi connectivity index (χ2n) is 8.07. The van der Waals surface area contributed by atoms with Gasteiger partial charge in [0, 0.05) is 16.6 Å². The summed E-state index contributed by atoms with van der Waals surface area (Å²) in [5, 5.41) is 0.756. The maximum atomic E-state index is 12.7. The van der Waals surface area contributed by atoms with E-state index in [-0.39, 0.29) is 17.2 Å². The van der Waals surface area contributed by atoms with Gasteiger partial charge >= 0.3 is 0 Å². The minimum Gasteiger partial charge on any atom is -0.267 e. The molecule has 28 heavy (non-hydrogen) atoms. The number of hydrogen-bond acceptors (Lipinski definition) is 3. The first kappa shape index (κ1) is 19.5. The molecule has 2 amide bonds. The Bertz CT molecular complexity index is 1050. The fourth-order valence-corrected chi connectivity index (χ4v) is 3.03. The molecule has 0 aliphatic carbocycles. The molecule has 0 saturated carbocycles. The van der Waals surface area contributed by atoms with E-state index in [1.54, 1.807) is 18.2 Å². The number of nitrogens with zero attached hydrogens (tertiary/aromatic N) is 1. The molecule has 2 N–H and O–H groups in total. The van der Waals surface area contributed by atoms with Crippen molar-refractivity contribution in [3.8, 4) is 0 Å². The lowest BCUT2D eigenvalue weighted by atomic mass is 9.87. The summed E-state index contributed by atoms with van der Waals surface area (Å²) in [6.45, 7) is 10.1. The Balaban J connectivity index is 1.76. The number of amides is 2. The number of hydrazine groups is 1. The number of fused-ring (bicyclic) bond motifs is 1. The Kier molecular flexibility index (Phi) is 5.18. The van der Waals surface area contributed by atoms with Crippen molar-refractivity contribution in [2.24, 2.45) is 0 Å². The average molecular weight is 375 g/mol. The lowest BCUT2D eigenvalue weighted by Gasteiger charge is -2.19. The van der Waals surface area contributed by atoms with Gasteiger partial charge in [-0.25, -0.2) is 0 Å². The number of pyridine rings is 1. The summed E-state index contributed by atoms with van der Waals surface area (Å²) >= 11 is 0. The van der Waals surface area contributed by atoms with Crippen LogP contribution in [0, 0.1) is 13.8 Å². The van der Waals surface area contributed by atoms with Gasteiger partial charge in [0.1, 0.15) is 0 Å². The predicted octanol–water partition coefficient (Wildman–Crippen LogP) is 4.22. The Morgan fingerprint density at radius 2 is 1.50 bits per heavy atom. The molecule has 0 spiro atoms. The molecule has 3 rings (SSSR count). The van der Waals surface area contributed by atoms with Crippen LogP contribution in [0.3, 0.4) is 0 Å². The molecule has 144 valence electrons. The van der Waals surface area contributed by atoms with Crippen LogP contribution >= 0.6 is 0 Å². The van der Waals surface area contributed by atoms with Crippen molar-refractivity contribution in [2.75, 3.05) is 0 Å². The first-order valence-electron chi connectivity index (χ1n) is 9.24. The third kappa shape index (κ3) is 4.19. The highest BCUT2D eigenvalue weighted by Crippen LogP contribution is 2.22. The molecular formula is C23H25N3O2. The summed E-state index contributed by atoms with van der Waals surface area (Å²) in [5.74, 6) is -0.735. The molecule has 0 radical (unpaired) electrons. The van der Waals surface area contributed by atoms with Gasteiger partial charge in [-0.15, -0.1) is 0 Å². The third-order valence-corrected chi connectivity index (χ3v) is 4.64. The van der Waals surface area contributed by atoms with Crippen molar-refractivity contribution in [1.29, 1.82) is 0 Å². The standard InChI is InChI=1S/C23H25N3O2/c1-14-6-11-20-18(12-14)19(13-15(2)24-20)22(28)26-25-21(27)16-7-9-17(10-8-16)23(3,4)5/h6-13H,1-5H3,(H,25,27)(H,26,28). The van der Waals surface area contributed by atoms with Crippen LogP contribution in [0.4, 0.5) is 0 Å². The van der Waals surface area contributed by atoms with E-state index in [0.29, 0.717) is 11.1 Å². The molecule has 1 aromatic heterocycles. The molecule has 0 bridgehead atoms. The summed E-state index contributed by atoms with van der Waals surface area (Å²) in [6.07, 6.45) is 0. The van der Waals surface area contributed by atoms with E-state index >= 15 is 0 Å². The zero-order valence-corrected chi connectivity index (χ0v) is 16.9. The Morgan fingerprint density at radius 1 is 0.857 bits per heavy atom. The summed E-state index contributed by atoms with van der Waals surface area (Å²) in [5.41, 5.74) is 9.66.